The zero-order chi connectivity index (χ0) is 48.2. The normalized spacial score (nSPS) is 19.3. The summed E-state index contributed by atoms with van der Waals surface area (Å²) in [6, 6.07) is 19.2. The zero-order valence-electron chi connectivity index (χ0n) is 40.3. The number of rotatable bonds is 11. The number of likely N-dealkylation sites (tertiary alicyclic amines) is 2. The summed E-state index contributed by atoms with van der Waals surface area (Å²) in [5.41, 5.74) is 11.1. The van der Waals surface area contributed by atoms with E-state index in [0.29, 0.717) is 45.2 Å². The highest BCUT2D eigenvalue weighted by Gasteiger charge is 2.43. The predicted octanol–water partition coefficient (Wildman–Crippen LogP) is 8.42. The largest absolute Gasteiger partial charge is 0.453 e. The van der Waals surface area contributed by atoms with Gasteiger partial charge in [0.2, 0.25) is 11.8 Å². The molecule has 5 heterocycles. The van der Waals surface area contributed by atoms with Crippen molar-refractivity contribution in [2.45, 2.75) is 104 Å². The maximum Gasteiger partial charge on any atom is 0.407 e. The summed E-state index contributed by atoms with van der Waals surface area (Å²) >= 11 is 0. The number of benzene rings is 3. The number of nitrogens with one attached hydrogen (secondary N) is 4. The summed E-state index contributed by atoms with van der Waals surface area (Å²) in [5, 5.41) is 5.45. The number of hydrogen-bond acceptors (Lipinski definition) is 10. The van der Waals surface area contributed by atoms with Crippen LogP contribution in [0.15, 0.2) is 66.9 Å². The Kier molecular flexibility index (Phi) is 14.7. The molecule has 0 aliphatic carbocycles. The molecule has 5 aromatic rings. The number of carbonyl (C=O) groups is 4. The van der Waals surface area contributed by atoms with Crippen molar-refractivity contribution in [1.82, 2.24) is 40.4 Å². The van der Waals surface area contributed by atoms with Crippen molar-refractivity contribution in [2.75, 3.05) is 40.5 Å². The van der Waals surface area contributed by atoms with Crippen LogP contribution in [0.2, 0.25) is 0 Å². The summed E-state index contributed by atoms with van der Waals surface area (Å²) < 4.78 is 22.0. The van der Waals surface area contributed by atoms with Gasteiger partial charge in [0.25, 0.3) is 0 Å². The Morgan fingerprint density at radius 1 is 0.706 bits per heavy atom. The van der Waals surface area contributed by atoms with E-state index in [0.717, 1.165) is 86.7 Å². The van der Waals surface area contributed by atoms with Gasteiger partial charge < -0.3 is 49.3 Å². The molecule has 3 aliphatic rings. The highest BCUT2D eigenvalue weighted by Crippen LogP contribution is 2.39. The van der Waals surface area contributed by atoms with Crippen molar-refractivity contribution < 1.29 is 38.1 Å². The van der Waals surface area contributed by atoms with Gasteiger partial charge in [0.15, 0.2) is 0 Å². The van der Waals surface area contributed by atoms with Crippen molar-refractivity contribution in [2.24, 2.45) is 11.8 Å². The average molecular weight is 929 g/mol. The molecule has 16 heteroatoms. The van der Waals surface area contributed by atoms with Crippen LogP contribution in [0.4, 0.5) is 9.59 Å². The molecule has 0 saturated carbocycles. The topological polar surface area (TPSA) is 193 Å². The summed E-state index contributed by atoms with van der Waals surface area (Å²) in [4.78, 5) is 72.6. The van der Waals surface area contributed by atoms with Crippen molar-refractivity contribution in [3.63, 3.8) is 0 Å². The zero-order valence-corrected chi connectivity index (χ0v) is 40.3. The molecule has 68 heavy (non-hydrogen) atoms. The number of alkyl carbamates (subject to hydrolysis) is 2. The van der Waals surface area contributed by atoms with E-state index in [1.54, 1.807) is 4.90 Å². The van der Waals surface area contributed by atoms with Gasteiger partial charge in [-0.15, -0.1) is 0 Å². The lowest BCUT2D eigenvalue weighted by Gasteiger charge is -2.30. The molecule has 4 bridgehead atoms. The van der Waals surface area contributed by atoms with Crippen LogP contribution >= 0.6 is 0 Å². The number of aromatic nitrogens is 4. The number of carbonyl (C=O) groups excluding carboxylic acids is 4. The maximum atomic E-state index is 14.2. The third-order valence-electron chi connectivity index (χ3n) is 13.7. The van der Waals surface area contributed by atoms with Gasteiger partial charge in [0.05, 0.1) is 62.3 Å². The highest BCUT2D eigenvalue weighted by molar-refractivity contribution is 5.87. The van der Waals surface area contributed by atoms with Crippen LogP contribution in [0.3, 0.4) is 0 Å². The lowest BCUT2D eigenvalue weighted by atomic mass is 9.91. The average Bonchev–Trinajstić information content (AvgIpc) is 4.18. The molecule has 3 aliphatic heterocycles. The number of amides is 4. The summed E-state index contributed by atoms with van der Waals surface area (Å²) in [6.07, 6.45) is 3.28. The summed E-state index contributed by atoms with van der Waals surface area (Å²) in [5.74, 6) is 0.765. The Balaban J connectivity index is 0.986. The second-order valence-corrected chi connectivity index (χ2v) is 18.7. The van der Waals surface area contributed by atoms with Crippen molar-refractivity contribution in [3.8, 4) is 44.8 Å². The predicted molar refractivity (Wildman–Crippen MR) is 257 cm³/mol. The number of methoxy groups -OCH3 is 2. The molecule has 0 spiro atoms. The highest BCUT2D eigenvalue weighted by atomic mass is 16.5. The van der Waals surface area contributed by atoms with Crippen LogP contribution in [0, 0.1) is 25.7 Å². The van der Waals surface area contributed by atoms with Crippen molar-refractivity contribution in [3.05, 3.63) is 95.3 Å². The first-order valence-corrected chi connectivity index (χ1v) is 23.7. The van der Waals surface area contributed by atoms with Gasteiger partial charge >= 0.3 is 12.2 Å². The van der Waals surface area contributed by atoms with Crippen LogP contribution in [-0.2, 0) is 35.1 Å². The monoisotopic (exact) mass is 928 g/mol. The molecule has 2 fully saturated rings. The van der Waals surface area contributed by atoms with E-state index in [-0.39, 0.29) is 41.8 Å². The molecule has 5 atom stereocenters. The fourth-order valence-electron chi connectivity index (χ4n) is 9.72. The second kappa shape index (κ2) is 20.8. The SMILES string of the molecule is COC(=O)N[C@H](C(=O)N1C[C@@H]2C[C@H]1c1nc(-c3ccc(-c4ccc(-c5ccc(-c6cnc([C@@H]7CCCN7C(=O)[C@H](NC(=O)OC)C(C)C)[nH]6)cc5)cc4)c(C)c3C)c([nH]1)COCCCO2)C(C)C. The van der Waals surface area contributed by atoms with Crippen molar-refractivity contribution >= 4 is 24.0 Å². The van der Waals surface area contributed by atoms with E-state index < -0.39 is 24.3 Å². The first-order chi connectivity index (χ1) is 32.8. The quantitative estimate of drug-likeness (QED) is 0.1000. The van der Waals surface area contributed by atoms with Crippen LogP contribution in [0.5, 0.6) is 0 Å². The van der Waals surface area contributed by atoms with Gasteiger partial charge in [-0.3, -0.25) is 9.59 Å². The fourth-order valence-corrected chi connectivity index (χ4v) is 9.72. The molecule has 4 N–H and O–H groups in total. The number of aromatic amines is 2. The van der Waals surface area contributed by atoms with Gasteiger partial charge in [-0.25, -0.2) is 19.6 Å². The maximum absolute atomic E-state index is 14.2. The van der Waals surface area contributed by atoms with Crippen molar-refractivity contribution in [1.29, 1.82) is 0 Å². The number of H-pyrrole nitrogens is 2. The molecule has 0 unspecified atom stereocenters. The van der Waals surface area contributed by atoms with E-state index >= 15 is 0 Å². The molecule has 0 radical (unpaired) electrons. The second-order valence-electron chi connectivity index (χ2n) is 18.7. The summed E-state index contributed by atoms with van der Waals surface area (Å²) in [6.45, 7) is 14.2. The van der Waals surface area contributed by atoms with E-state index in [1.807, 2.05) is 38.8 Å². The third kappa shape index (κ3) is 10.0. The lowest BCUT2D eigenvalue weighted by Crippen LogP contribution is -2.51. The number of fused-ring (bicyclic) bond motifs is 5. The minimum atomic E-state index is -0.773. The van der Waals surface area contributed by atoms with Gasteiger partial charge in [-0.05, 0) is 83.9 Å². The first-order valence-electron chi connectivity index (χ1n) is 23.7. The van der Waals surface area contributed by atoms with Crippen LogP contribution in [0.1, 0.15) is 93.9 Å². The Bertz CT molecular complexity index is 2600. The molecular formula is C52H64N8O8. The Morgan fingerprint density at radius 3 is 1.93 bits per heavy atom. The van der Waals surface area contributed by atoms with Gasteiger partial charge in [0.1, 0.15) is 23.7 Å². The molecule has 2 aromatic heterocycles. The molecule has 16 nitrogen and oxygen atoms in total. The minimum absolute atomic E-state index is 0.110. The van der Waals surface area contributed by atoms with Crippen LogP contribution < -0.4 is 10.6 Å². The third-order valence-corrected chi connectivity index (χ3v) is 13.7. The Labute approximate surface area is 397 Å². The van der Waals surface area contributed by atoms with Crippen LogP contribution in [0.25, 0.3) is 44.8 Å². The van der Waals surface area contributed by atoms with E-state index in [2.05, 4.69) is 95.1 Å². The molecule has 2 saturated heterocycles. The molecule has 4 amide bonds. The van der Waals surface area contributed by atoms with Gasteiger partial charge in [-0.2, -0.15) is 0 Å². The lowest BCUT2D eigenvalue weighted by molar-refractivity contribution is -0.136. The van der Waals surface area contributed by atoms with Gasteiger partial charge in [-0.1, -0.05) is 88.4 Å². The Hall–Kier alpha value is -6.52. The molecule has 360 valence electrons. The summed E-state index contributed by atoms with van der Waals surface area (Å²) in [7, 11) is 2.58. The van der Waals surface area contributed by atoms with E-state index in [1.165, 1.54) is 14.2 Å². The number of ether oxygens (including phenoxy) is 4. The molecule has 8 rings (SSSR count). The Morgan fingerprint density at radius 2 is 1.29 bits per heavy atom. The first kappa shape index (κ1) is 48.0. The van der Waals surface area contributed by atoms with Gasteiger partial charge in [0, 0.05) is 38.3 Å². The van der Waals surface area contributed by atoms with E-state index in [4.69, 9.17) is 28.9 Å². The molecular weight excluding hydrogens is 865 g/mol. The standard InChI is InChI=1S/C52H64N8O8/c1-29(2)44(57-51(63)65-7)49(61)59-22-9-11-42(59)47-53-26-40(54-47)36-18-14-34(15-19-36)33-12-16-35(17-13-33)38-20-21-39(32(6)31(38)5)46-41-28-67-23-10-24-68-37-25-43(48(55-41)56-46)60(27-37)50(62)45(30(3)4)58-52(64)66-8/h12-21,26,29-30,37,42-45H,9-11,22-25,27-28H2,1-8H3,(H,53,54)(H,55,56)(H,57,63)(H,58,64)/t37-,42-,43-,44+,45-/m0/s1. The smallest absolute Gasteiger partial charge is 0.407 e. The number of imidazole rings is 2. The van der Waals surface area contributed by atoms with E-state index in [9.17, 15) is 19.2 Å². The number of hydrogen-bond donors (Lipinski definition) is 4. The molecule has 3 aromatic carbocycles. The number of nitrogens with zero attached hydrogens (tertiary/aromatic N) is 4. The minimum Gasteiger partial charge on any atom is -0.453 e. The fraction of sp³-hybridized carbons (Fsp3) is 0.462. The van der Waals surface area contributed by atoms with Crippen LogP contribution in [-0.4, -0.2) is 112 Å².